The largest absolute Gasteiger partial charge is 0.329 e. The quantitative estimate of drug-likeness (QED) is 0.323. The molecule has 4 aliphatic heterocycles. The summed E-state index contributed by atoms with van der Waals surface area (Å²) < 4.78 is 0. The molecule has 0 aromatic heterocycles. The van der Waals surface area contributed by atoms with Gasteiger partial charge in [-0.3, -0.25) is 28.9 Å². The first kappa shape index (κ1) is 38.9. The fourth-order valence-electron chi connectivity index (χ4n) is 5.09. The summed E-state index contributed by atoms with van der Waals surface area (Å²) in [5, 5.41) is 5.32. The van der Waals surface area contributed by atoms with E-state index in [1.165, 1.54) is 12.8 Å². The highest BCUT2D eigenvalue weighted by Gasteiger charge is 2.43. The Morgan fingerprint density at radius 3 is 1.41 bits per heavy atom. The standard InChI is InChI=1S/C14H12N2O3.C14H14N2O2.2C6H14/c1-8-6-7-11(12(17)15-8)16-13(18)9-4-2-3-5-10(9)14(16)19;1-9-6-7-12(13(17)15-9)16-8-10-4-2-3-5-11(10)14(16)18;2*1-5-6(2,3)4/h2-5,11H,1,6-7H2,(H,15,17);2-5,12H,1,6-8H2,(H,15,17);2*5H2,1-4H3. The number of benzene rings is 2. The number of allylic oxidation sites excluding steroid dienone is 2. The van der Waals surface area contributed by atoms with Crippen LogP contribution in [0.25, 0.3) is 0 Å². The number of imide groups is 1. The molecule has 264 valence electrons. The average Bonchev–Trinajstić information content (AvgIpc) is 3.50. The number of rotatable bonds is 2. The van der Waals surface area contributed by atoms with E-state index < -0.39 is 17.9 Å². The van der Waals surface area contributed by atoms with E-state index in [4.69, 9.17) is 0 Å². The second-order valence-corrected chi connectivity index (χ2v) is 15.2. The molecule has 4 heterocycles. The molecule has 0 spiro atoms. The van der Waals surface area contributed by atoms with Crippen LogP contribution < -0.4 is 10.6 Å². The Balaban J connectivity index is 0.000000201. The highest BCUT2D eigenvalue weighted by molar-refractivity contribution is 6.23. The molecular formula is C40H54N4O5. The van der Waals surface area contributed by atoms with Gasteiger partial charge in [-0.1, -0.05) is 112 Å². The molecule has 2 saturated heterocycles. The van der Waals surface area contributed by atoms with Crippen molar-refractivity contribution in [1.82, 2.24) is 20.4 Å². The minimum Gasteiger partial charge on any atom is -0.329 e. The van der Waals surface area contributed by atoms with E-state index in [0.29, 0.717) is 53.5 Å². The van der Waals surface area contributed by atoms with Gasteiger partial charge in [0.05, 0.1) is 11.1 Å². The van der Waals surface area contributed by atoms with Crippen molar-refractivity contribution in [3.63, 3.8) is 0 Å². The van der Waals surface area contributed by atoms with E-state index in [9.17, 15) is 24.0 Å². The van der Waals surface area contributed by atoms with Crippen LogP contribution in [0.5, 0.6) is 0 Å². The number of nitrogens with one attached hydrogen (secondary N) is 2. The minimum absolute atomic E-state index is 0.0433. The third kappa shape index (κ3) is 10.2. The normalized spacial score (nSPS) is 20.1. The highest BCUT2D eigenvalue weighted by atomic mass is 16.2. The van der Waals surface area contributed by atoms with E-state index in [1.54, 1.807) is 29.2 Å². The van der Waals surface area contributed by atoms with E-state index in [2.05, 4.69) is 79.2 Å². The van der Waals surface area contributed by atoms with Crippen LogP contribution in [0.15, 0.2) is 73.1 Å². The van der Waals surface area contributed by atoms with Gasteiger partial charge in [0.2, 0.25) is 11.8 Å². The molecule has 2 fully saturated rings. The van der Waals surface area contributed by atoms with Crippen LogP contribution in [-0.2, 0) is 16.1 Å². The second-order valence-electron chi connectivity index (χ2n) is 15.2. The fraction of sp³-hybridized carbons (Fsp3) is 0.475. The van der Waals surface area contributed by atoms with Crippen LogP contribution in [0.3, 0.4) is 0 Å². The maximum Gasteiger partial charge on any atom is 0.262 e. The Labute approximate surface area is 292 Å². The number of carbonyl (C=O) groups excluding carboxylic acids is 5. The summed E-state index contributed by atoms with van der Waals surface area (Å²) in [7, 11) is 0. The molecule has 0 saturated carbocycles. The topological polar surface area (TPSA) is 116 Å². The Morgan fingerprint density at radius 1 is 0.633 bits per heavy atom. The second kappa shape index (κ2) is 16.2. The Kier molecular flexibility index (Phi) is 12.9. The third-order valence-electron chi connectivity index (χ3n) is 9.13. The van der Waals surface area contributed by atoms with Crippen molar-refractivity contribution < 1.29 is 24.0 Å². The molecule has 2 atom stereocenters. The van der Waals surface area contributed by atoms with Crippen molar-refractivity contribution in [2.45, 2.75) is 113 Å². The van der Waals surface area contributed by atoms with Gasteiger partial charge < -0.3 is 15.5 Å². The van der Waals surface area contributed by atoms with Gasteiger partial charge >= 0.3 is 0 Å². The molecular weight excluding hydrogens is 616 g/mol. The van der Waals surface area contributed by atoms with Crippen molar-refractivity contribution in [3.8, 4) is 0 Å². The Bertz CT molecular complexity index is 1550. The molecule has 2 unspecified atom stereocenters. The number of amides is 5. The predicted octanol–water partition coefficient (Wildman–Crippen LogP) is 7.39. The van der Waals surface area contributed by atoms with Crippen molar-refractivity contribution >= 4 is 29.5 Å². The Hall–Kier alpha value is -4.53. The lowest BCUT2D eigenvalue weighted by atomic mass is 9.94. The lowest BCUT2D eigenvalue weighted by Gasteiger charge is -2.30. The molecule has 49 heavy (non-hydrogen) atoms. The van der Waals surface area contributed by atoms with Crippen molar-refractivity contribution in [2.75, 3.05) is 0 Å². The molecule has 6 rings (SSSR count). The van der Waals surface area contributed by atoms with E-state index >= 15 is 0 Å². The van der Waals surface area contributed by atoms with Crippen molar-refractivity contribution in [3.05, 3.63) is 95.3 Å². The predicted molar refractivity (Wildman–Crippen MR) is 193 cm³/mol. The first-order valence-corrected chi connectivity index (χ1v) is 17.2. The van der Waals surface area contributed by atoms with Gasteiger partial charge in [-0.05, 0) is 60.3 Å². The van der Waals surface area contributed by atoms with Crippen LogP contribution in [0, 0.1) is 10.8 Å². The number of piperidine rings is 2. The molecule has 0 radical (unpaired) electrons. The number of hydrogen-bond acceptors (Lipinski definition) is 5. The number of nitrogens with zero attached hydrogens (tertiary/aromatic N) is 2. The SMILES string of the molecule is C=C1CCC(N2C(=O)c3ccccc3C2=O)C(=O)N1.C=C1CCC(N2Cc3ccccc3C2=O)C(=O)N1.CCC(C)(C)C.CCC(C)(C)C. The van der Waals surface area contributed by atoms with E-state index in [-0.39, 0.29) is 23.8 Å². The lowest BCUT2D eigenvalue weighted by molar-refractivity contribution is -0.126. The maximum absolute atomic E-state index is 12.2. The fourth-order valence-corrected chi connectivity index (χ4v) is 5.09. The molecule has 0 aliphatic carbocycles. The van der Waals surface area contributed by atoms with Gasteiger partial charge in [0, 0.05) is 23.5 Å². The molecule has 5 amide bonds. The summed E-state index contributed by atoms with van der Waals surface area (Å²) in [6, 6.07) is 13.0. The van der Waals surface area contributed by atoms with E-state index in [1.807, 2.05) is 24.3 Å². The summed E-state index contributed by atoms with van der Waals surface area (Å²) in [6.45, 7) is 25.8. The minimum atomic E-state index is -0.738. The molecule has 9 nitrogen and oxygen atoms in total. The van der Waals surface area contributed by atoms with Crippen LogP contribution in [0.2, 0.25) is 0 Å². The maximum atomic E-state index is 12.2. The zero-order valence-electron chi connectivity index (χ0n) is 30.6. The highest BCUT2D eigenvalue weighted by Crippen LogP contribution is 2.29. The smallest absolute Gasteiger partial charge is 0.262 e. The molecule has 4 aliphatic rings. The molecule has 2 aromatic rings. The Morgan fingerprint density at radius 2 is 1.02 bits per heavy atom. The number of hydrogen-bond donors (Lipinski definition) is 2. The number of fused-ring (bicyclic) bond motifs is 2. The summed E-state index contributed by atoms with van der Waals surface area (Å²) in [6.07, 6.45) is 4.93. The van der Waals surface area contributed by atoms with Gasteiger partial charge in [0.25, 0.3) is 17.7 Å². The third-order valence-corrected chi connectivity index (χ3v) is 9.13. The van der Waals surface area contributed by atoms with Gasteiger partial charge in [0.1, 0.15) is 12.1 Å². The summed E-state index contributed by atoms with van der Waals surface area (Å²) in [5.74, 6) is -1.29. The molecule has 2 N–H and O–H groups in total. The average molecular weight is 671 g/mol. The van der Waals surface area contributed by atoms with Gasteiger partial charge in [-0.15, -0.1) is 0 Å². The van der Waals surface area contributed by atoms with Gasteiger partial charge in [0.15, 0.2) is 0 Å². The monoisotopic (exact) mass is 670 g/mol. The van der Waals surface area contributed by atoms with Gasteiger partial charge in [-0.25, -0.2) is 0 Å². The van der Waals surface area contributed by atoms with Crippen LogP contribution in [-0.4, -0.2) is 51.4 Å². The zero-order valence-corrected chi connectivity index (χ0v) is 30.6. The summed E-state index contributed by atoms with van der Waals surface area (Å²) >= 11 is 0. The first-order valence-electron chi connectivity index (χ1n) is 17.2. The summed E-state index contributed by atoms with van der Waals surface area (Å²) in [4.78, 5) is 63.3. The van der Waals surface area contributed by atoms with Gasteiger partial charge in [-0.2, -0.15) is 0 Å². The number of carbonyl (C=O) groups is 5. The first-order chi connectivity index (χ1) is 22.9. The van der Waals surface area contributed by atoms with Crippen LogP contribution in [0.4, 0.5) is 0 Å². The van der Waals surface area contributed by atoms with Crippen LogP contribution >= 0.6 is 0 Å². The summed E-state index contributed by atoms with van der Waals surface area (Å²) in [5.41, 5.74) is 4.89. The van der Waals surface area contributed by atoms with Crippen LogP contribution in [0.1, 0.15) is 131 Å². The van der Waals surface area contributed by atoms with Crippen molar-refractivity contribution in [1.29, 1.82) is 0 Å². The van der Waals surface area contributed by atoms with Crippen molar-refractivity contribution in [2.24, 2.45) is 10.8 Å². The molecule has 9 heteroatoms. The molecule has 0 bridgehead atoms. The van der Waals surface area contributed by atoms with E-state index in [0.717, 1.165) is 28.1 Å². The zero-order chi connectivity index (χ0) is 36.7. The lowest BCUT2D eigenvalue weighted by Crippen LogP contribution is -2.51. The molecule has 2 aromatic carbocycles.